The predicted octanol–water partition coefficient (Wildman–Crippen LogP) is 2.35. The van der Waals surface area contributed by atoms with E-state index in [1.54, 1.807) is 6.92 Å². The molecule has 1 spiro atoms. The molecule has 0 N–H and O–H groups in total. The van der Waals surface area contributed by atoms with Crippen LogP contribution in [0.5, 0.6) is 0 Å². The number of nitrogens with zero attached hydrogens (tertiary/aromatic N) is 4. The van der Waals surface area contributed by atoms with Gasteiger partial charge in [0.05, 0.1) is 13.1 Å². The van der Waals surface area contributed by atoms with Crippen LogP contribution >= 0.6 is 0 Å². The molecule has 2 aliphatic rings. The predicted molar refractivity (Wildman–Crippen MR) is 83.8 cm³/mol. The van der Waals surface area contributed by atoms with Gasteiger partial charge in [-0.1, -0.05) is 18.5 Å². The summed E-state index contributed by atoms with van der Waals surface area (Å²) in [5.41, 5.74) is -0.303. The standard InChI is InChI=1S/C16H26N4O3/c1-4-5-12(2)20-11-16(22-15(20)21)6-8-19(9-7-16)10-14-17-13(3)23-18-14/h12H,4-11H2,1-3H3/t12-/m0/s1. The molecule has 0 radical (unpaired) electrons. The van der Waals surface area contributed by atoms with Crippen LogP contribution in [0.25, 0.3) is 0 Å². The Balaban J connectivity index is 1.55. The highest BCUT2D eigenvalue weighted by Crippen LogP contribution is 2.35. The topological polar surface area (TPSA) is 71.7 Å². The zero-order chi connectivity index (χ0) is 16.4. The van der Waals surface area contributed by atoms with Gasteiger partial charge in [0, 0.05) is 38.9 Å². The van der Waals surface area contributed by atoms with Crippen molar-refractivity contribution >= 4 is 6.09 Å². The van der Waals surface area contributed by atoms with Crippen molar-refractivity contribution in [3.8, 4) is 0 Å². The monoisotopic (exact) mass is 322 g/mol. The number of carbonyl (C=O) groups excluding carboxylic acids is 1. The minimum Gasteiger partial charge on any atom is -0.441 e. The Hall–Kier alpha value is -1.63. The Morgan fingerprint density at radius 2 is 2.09 bits per heavy atom. The van der Waals surface area contributed by atoms with E-state index in [1.807, 2.05) is 4.90 Å². The molecule has 0 unspecified atom stereocenters. The molecule has 0 aromatic carbocycles. The number of aromatic nitrogens is 2. The SMILES string of the molecule is CCC[C@H](C)N1CC2(CCN(Cc3noc(C)n3)CC2)OC1=O. The quantitative estimate of drug-likeness (QED) is 0.828. The van der Waals surface area contributed by atoms with Crippen LogP contribution in [0.3, 0.4) is 0 Å². The molecule has 7 nitrogen and oxygen atoms in total. The van der Waals surface area contributed by atoms with Gasteiger partial charge in [0.25, 0.3) is 0 Å². The molecule has 0 aliphatic carbocycles. The molecule has 2 aliphatic heterocycles. The number of piperidine rings is 1. The number of amides is 1. The van der Waals surface area contributed by atoms with Crippen LogP contribution in [0.15, 0.2) is 4.52 Å². The molecule has 1 amide bonds. The van der Waals surface area contributed by atoms with E-state index in [1.165, 1.54) is 0 Å². The first-order valence-corrected chi connectivity index (χ1v) is 8.52. The van der Waals surface area contributed by atoms with Crippen molar-refractivity contribution in [2.75, 3.05) is 19.6 Å². The summed E-state index contributed by atoms with van der Waals surface area (Å²) in [6.45, 7) is 9.24. The molecule has 128 valence electrons. The molecule has 1 aromatic heterocycles. The molecule has 3 heterocycles. The largest absolute Gasteiger partial charge is 0.441 e. The summed E-state index contributed by atoms with van der Waals surface area (Å²) in [4.78, 5) is 20.6. The van der Waals surface area contributed by atoms with E-state index in [0.717, 1.165) is 51.1 Å². The van der Waals surface area contributed by atoms with E-state index in [9.17, 15) is 4.79 Å². The van der Waals surface area contributed by atoms with Crippen molar-refractivity contribution in [2.45, 2.75) is 64.6 Å². The number of likely N-dealkylation sites (tertiary alicyclic amines) is 1. The number of hydrogen-bond donors (Lipinski definition) is 0. The van der Waals surface area contributed by atoms with Gasteiger partial charge in [-0.25, -0.2) is 4.79 Å². The van der Waals surface area contributed by atoms with E-state index < -0.39 is 0 Å². The number of ether oxygens (including phenoxy) is 1. The lowest BCUT2D eigenvalue weighted by Crippen LogP contribution is -2.47. The van der Waals surface area contributed by atoms with Crippen molar-refractivity contribution in [1.82, 2.24) is 19.9 Å². The van der Waals surface area contributed by atoms with E-state index in [-0.39, 0.29) is 17.7 Å². The molecule has 2 saturated heterocycles. The normalized spacial score (nSPS) is 22.6. The third-order valence-corrected chi connectivity index (χ3v) is 4.94. The lowest BCUT2D eigenvalue weighted by atomic mass is 9.91. The number of hydrogen-bond acceptors (Lipinski definition) is 6. The van der Waals surface area contributed by atoms with E-state index in [0.29, 0.717) is 12.4 Å². The van der Waals surface area contributed by atoms with Gasteiger partial charge in [-0.15, -0.1) is 0 Å². The van der Waals surface area contributed by atoms with E-state index in [2.05, 4.69) is 28.9 Å². The summed E-state index contributed by atoms with van der Waals surface area (Å²) in [5.74, 6) is 1.32. The summed E-state index contributed by atoms with van der Waals surface area (Å²) >= 11 is 0. The van der Waals surface area contributed by atoms with Gasteiger partial charge in [-0.3, -0.25) is 4.90 Å². The number of rotatable bonds is 5. The van der Waals surface area contributed by atoms with Crippen molar-refractivity contribution in [2.24, 2.45) is 0 Å². The van der Waals surface area contributed by atoms with Crippen molar-refractivity contribution in [1.29, 1.82) is 0 Å². The summed E-state index contributed by atoms with van der Waals surface area (Å²) in [5, 5.41) is 3.95. The maximum atomic E-state index is 12.2. The van der Waals surface area contributed by atoms with Gasteiger partial charge in [-0.2, -0.15) is 4.98 Å². The zero-order valence-corrected chi connectivity index (χ0v) is 14.2. The Labute approximate surface area is 137 Å². The zero-order valence-electron chi connectivity index (χ0n) is 14.2. The van der Waals surface area contributed by atoms with Gasteiger partial charge in [0.15, 0.2) is 5.82 Å². The highest BCUT2D eigenvalue weighted by Gasteiger charge is 2.48. The minimum atomic E-state index is -0.303. The molecule has 2 fully saturated rings. The number of aryl methyl sites for hydroxylation is 1. The van der Waals surface area contributed by atoms with Gasteiger partial charge in [0.2, 0.25) is 5.89 Å². The molecule has 0 bridgehead atoms. The lowest BCUT2D eigenvalue weighted by Gasteiger charge is -2.37. The lowest BCUT2D eigenvalue weighted by molar-refractivity contribution is -0.00199. The van der Waals surface area contributed by atoms with Gasteiger partial charge in [-0.05, 0) is 13.3 Å². The Kier molecular flexibility index (Phi) is 4.57. The average Bonchev–Trinajstić information content (AvgIpc) is 3.06. The number of carbonyl (C=O) groups is 1. The van der Waals surface area contributed by atoms with Crippen LogP contribution in [-0.2, 0) is 11.3 Å². The fraction of sp³-hybridized carbons (Fsp3) is 0.812. The Morgan fingerprint density at radius 1 is 1.35 bits per heavy atom. The second-order valence-electron chi connectivity index (χ2n) is 6.82. The van der Waals surface area contributed by atoms with Crippen molar-refractivity contribution in [3.63, 3.8) is 0 Å². The molecule has 7 heteroatoms. The third kappa shape index (κ3) is 3.49. The highest BCUT2D eigenvalue weighted by atomic mass is 16.6. The van der Waals surface area contributed by atoms with Gasteiger partial charge in [0.1, 0.15) is 5.60 Å². The first-order chi connectivity index (χ1) is 11.0. The van der Waals surface area contributed by atoms with Crippen molar-refractivity contribution in [3.05, 3.63) is 11.7 Å². The minimum absolute atomic E-state index is 0.145. The average molecular weight is 322 g/mol. The summed E-state index contributed by atoms with van der Waals surface area (Å²) in [6, 6.07) is 0.257. The van der Waals surface area contributed by atoms with Crippen LogP contribution in [0.2, 0.25) is 0 Å². The van der Waals surface area contributed by atoms with Crippen LogP contribution < -0.4 is 0 Å². The Morgan fingerprint density at radius 3 is 2.70 bits per heavy atom. The van der Waals surface area contributed by atoms with Crippen LogP contribution in [0, 0.1) is 6.92 Å². The second-order valence-corrected chi connectivity index (χ2v) is 6.82. The van der Waals surface area contributed by atoms with Crippen molar-refractivity contribution < 1.29 is 14.1 Å². The fourth-order valence-electron chi connectivity index (χ4n) is 3.54. The maximum absolute atomic E-state index is 12.2. The molecule has 1 aromatic rings. The molecule has 1 atom stereocenters. The molecule has 3 rings (SSSR count). The van der Waals surface area contributed by atoms with E-state index in [4.69, 9.17) is 9.26 Å². The first kappa shape index (κ1) is 16.2. The van der Waals surface area contributed by atoms with Crippen LogP contribution in [0.4, 0.5) is 4.79 Å². The summed E-state index contributed by atoms with van der Waals surface area (Å²) < 4.78 is 10.8. The Bertz CT molecular complexity index is 551. The smallest absolute Gasteiger partial charge is 0.410 e. The van der Waals surface area contributed by atoms with Gasteiger partial charge < -0.3 is 14.2 Å². The van der Waals surface area contributed by atoms with Crippen LogP contribution in [-0.4, -0.2) is 57.3 Å². The molecular weight excluding hydrogens is 296 g/mol. The molecule has 23 heavy (non-hydrogen) atoms. The third-order valence-electron chi connectivity index (χ3n) is 4.94. The van der Waals surface area contributed by atoms with Crippen LogP contribution in [0.1, 0.15) is 51.2 Å². The second kappa shape index (κ2) is 6.47. The summed E-state index contributed by atoms with van der Waals surface area (Å²) in [6.07, 6.45) is 3.69. The highest BCUT2D eigenvalue weighted by molar-refractivity contribution is 5.71. The maximum Gasteiger partial charge on any atom is 0.410 e. The fourth-order valence-corrected chi connectivity index (χ4v) is 3.54. The van der Waals surface area contributed by atoms with E-state index >= 15 is 0 Å². The van der Waals surface area contributed by atoms with Gasteiger partial charge >= 0.3 is 6.09 Å². The first-order valence-electron chi connectivity index (χ1n) is 8.52. The molecule has 0 saturated carbocycles. The summed E-state index contributed by atoms with van der Waals surface area (Å²) in [7, 11) is 0. The molecular formula is C16H26N4O3.